The molecule has 0 saturated carbocycles. The highest BCUT2D eigenvalue weighted by Gasteiger charge is 2.06. The number of benzene rings is 1. The minimum Gasteiger partial charge on any atom is -0.493 e. The van der Waals surface area contributed by atoms with Crippen LogP contribution < -0.4 is 10.1 Å². The van der Waals surface area contributed by atoms with E-state index < -0.39 is 0 Å². The zero-order valence-corrected chi connectivity index (χ0v) is 12.6. The average Bonchev–Trinajstić information content (AvgIpc) is 2.33. The second-order valence-electron chi connectivity index (χ2n) is 4.99. The molecule has 3 heteroatoms. The van der Waals surface area contributed by atoms with Gasteiger partial charge < -0.3 is 10.1 Å². The number of rotatable bonds is 7. The second kappa shape index (κ2) is 7.65. The highest BCUT2D eigenvalue weighted by Crippen LogP contribution is 2.26. The lowest BCUT2D eigenvalue weighted by Gasteiger charge is -2.15. The van der Waals surface area contributed by atoms with Crippen LogP contribution >= 0.6 is 11.6 Å². The summed E-state index contributed by atoms with van der Waals surface area (Å²) in [5, 5.41) is 4.24. The Labute approximate surface area is 116 Å². The van der Waals surface area contributed by atoms with Crippen molar-refractivity contribution in [2.75, 3.05) is 19.7 Å². The Morgan fingerprint density at radius 2 is 1.89 bits per heavy atom. The van der Waals surface area contributed by atoms with Crippen LogP contribution in [0.2, 0.25) is 5.02 Å². The molecule has 0 radical (unpaired) electrons. The fraction of sp³-hybridized carbons (Fsp3) is 0.600. The molecule has 1 unspecified atom stereocenters. The first kappa shape index (κ1) is 15.3. The first-order valence-corrected chi connectivity index (χ1v) is 7.02. The quantitative estimate of drug-likeness (QED) is 0.757. The maximum atomic E-state index is 6.13. The monoisotopic (exact) mass is 269 g/mol. The van der Waals surface area contributed by atoms with Crippen molar-refractivity contribution in [3.63, 3.8) is 0 Å². The zero-order chi connectivity index (χ0) is 13.5. The lowest BCUT2D eigenvalue weighted by Crippen LogP contribution is -2.25. The van der Waals surface area contributed by atoms with Gasteiger partial charge in [0.05, 0.1) is 6.61 Å². The molecule has 0 saturated heterocycles. The highest BCUT2D eigenvalue weighted by molar-refractivity contribution is 6.32. The Morgan fingerprint density at radius 3 is 2.44 bits per heavy atom. The van der Waals surface area contributed by atoms with Crippen LogP contribution in [0.15, 0.2) is 12.1 Å². The van der Waals surface area contributed by atoms with Crippen molar-refractivity contribution in [2.24, 2.45) is 5.92 Å². The Bertz CT molecular complexity index is 356. The summed E-state index contributed by atoms with van der Waals surface area (Å²) >= 11 is 6.13. The second-order valence-corrected chi connectivity index (χ2v) is 5.37. The lowest BCUT2D eigenvalue weighted by molar-refractivity contribution is 0.255. The van der Waals surface area contributed by atoms with Gasteiger partial charge in [-0.1, -0.05) is 25.4 Å². The molecule has 0 fully saturated rings. The Morgan fingerprint density at radius 1 is 1.28 bits per heavy atom. The van der Waals surface area contributed by atoms with Crippen LogP contribution in [-0.2, 0) is 0 Å². The molecule has 1 aromatic rings. The summed E-state index contributed by atoms with van der Waals surface area (Å²) in [6.45, 7) is 11.2. The van der Waals surface area contributed by atoms with Crippen LogP contribution in [0.3, 0.4) is 0 Å². The summed E-state index contributed by atoms with van der Waals surface area (Å²) in [4.78, 5) is 0. The summed E-state index contributed by atoms with van der Waals surface area (Å²) in [7, 11) is 0. The van der Waals surface area contributed by atoms with E-state index in [-0.39, 0.29) is 0 Å². The first-order chi connectivity index (χ1) is 8.54. The van der Waals surface area contributed by atoms with Crippen molar-refractivity contribution in [3.8, 4) is 5.75 Å². The van der Waals surface area contributed by atoms with Gasteiger partial charge in [-0.25, -0.2) is 0 Å². The minimum atomic E-state index is 0.507. The predicted molar refractivity (Wildman–Crippen MR) is 78.7 cm³/mol. The van der Waals surface area contributed by atoms with Gasteiger partial charge in [-0.3, -0.25) is 0 Å². The third kappa shape index (κ3) is 4.87. The molecule has 1 rings (SSSR count). The molecule has 18 heavy (non-hydrogen) atoms. The SMILES string of the molecule is CCCNCC(C)COc1cc(C)c(Cl)c(C)c1. The van der Waals surface area contributed by atoms with Crippen LogP contribution in [0.4, 0.5) is 0 Å². The number of ether oxygens (including phenoxy) is 1. The average molecular weight is 270 g/mol. The van der Waals surface area contributed by atoms with E-state index in [1.807, 2.05) is 26.0 Å². The fourth-order valence-electron chi connectivity index (χ4n) is 1.81. The Balaban J connectivity index is 2.43. The van der Waals surface area contributed by atoms with Crippen molar-refractivity contribution in [2.45, 2.75) is 34.1 Å². The molecule has 102 valence electrons. The van der Waals surface area contributed by atoms with Crippen molar-refractivity contribution in [3.05, 3.63) is 28.3 Å². The van der Waals surface area contributed by atoms with Gasteiger partial charge in [-0.2, -0.15) is 0 Å². The maximum Gasteiger partial charge on any atom is 0.119 e. The van der Waals surface area contributed by atoms with E-state index in [4.69, 9.17) is 16.3 Å². The molecule has 0 aliphatic carbocycles. The predicted octanol–water partition coefficient (Wildman–Crippen LogP) is 3.97. The maximum absolute atomic E-state index is 6.13. The van der Waals surface area contributed by atoms with Gasteiger partial charge in [0.1, 0.15) is 5.75 Å². The topological polar surface area (TPSA) is 21.3 Å². The van der Waals surface area contributed by atoms with E-state index in [0.717, 1.165) is 41.6 Å². The van der Waals surface area contributed by atoms with Gasteiger partial charge in [0.2, 0.25) is 0 Å². The fourth-order valence-corrected chi connectivity index (χ4v) is 1.92. The van der Waals surface area contributed by atoms with E-state index in [0.29, 0.717) is 5.92 Å². The van der Waals surface area contributed by atoms with Crippen LogP contribution in [0.5, 0.6) is 5.75 Å². The smallest absolute Gasteiger partial charge is 0.119 e. The van der Waals surface area contributed by atoms with Crippen LogP contribution in [0, 0.1) is 19.8 Å². The van der Waals surface area contributed by atoms with Gasteiger partial charge in [-0.15, -0.1) is 0 Å². The van der Waals surface area contributed by atoms with Gasteiger partial charge >= 0.3 is 0 Å². The highest BCUT2D eigenvalue weighted by atomic mass is 35.5. The van der Waals surface area contributed by atoms with Crippen molar-refractivity contribution < 1.29 is 4.74 Å². The normalized spacial score (nSPS) is 12.5. The molecule has 0 heterocycles. The molecule has 0 aliphatic rings. The van der Waals surface area contributed by atoms with Crippen LogP contribution in [0.25, 0.3) is 0 Å². The summed E-state index contributed by atoms with van der Waals surface area (Å²) in [6, 6.07) is 4.00. The molecule has 2 nitrogen and oxygen atoms in total. The molecule has 1 atom stereocenters. The molecule has 0 aliphatic heterocycles. The number of halogens is 1. The van der Waals surface area contributed by atoms with Gasteiger partial charge in [-0.05, 0) is 50.1 Å². The number of hydrogen-bond donors (Lipinski definition) is 1. The standard InChI is InChI=1S/C15H24ClNO/c1-5-6-17-9-11(2)10-18-14-7-12(3)15(16)13(4)8-14/h7-8,11,17H,5-6,9-10H2,1-4H3. The Kier molecular flexibility index (Phi) is 6.51. The molecule has 0 amide bonds. The lowest BCUT2D eigenvalue weighted by atomic mass is 10.1. The summed E-state index contributed by atoms with van der Waals surface area (Å²) in [5.74, 6) is 1.42. The van der Waals surface area contributed by atoms with E-state index in [1.54, 1.807) is 0 Å². The van der Waals surface area contributed by atoms with Gasteiger partial charge in [0.15, 0.2) is 0 Å². The van der Waals surface area contributed by atoms with Crippen LogP contribution in [0.1, 0.15) is 31.4 Å². The van der Waals surface area contributed by atoms with E-state index in [2.05, 4.69) is 19.2 Å². The first-order valence-electron chi connectivity index (χ1n) is 6.64. The molecule has 0 aromatic heterocycles. The van der Waals surface area contributed by atoms with Crippen LogP contribution in [-0.4, -0.2) is 19.7 Å². The van der Waals surface area contributed by atoms with Crippen molar-refractivity contribution in [1.82, 2.24) is 5.32 Å². The minimum absolute atomic E-state index is 0.507. The van der Waals surface area contributed by atoms with E-state index in [9.17, 15) is 0 Å². The summed E-state index contributed by atoms with van der Waals surface area (Å²) in [6.07, 6.45) is 1.17. The molecular formula is C15H24ClNO. The van der Waals surface area contributed by atoms with Gasteiger partial charge in [0.25, 0.3) is 0 Å². The summed E-state index contributed by atoms with van der Waals surface area (Å²) in [5.41, 5.74) is 2.15. The number of hydrogen-bond acceptors (Lipinski definition) is 2. The van der Waals surface area contributed by atoms with E-state index >= 15 is 0 Å². The van der Waals surface area contributed by atoms with E-state index in [1.165, 1.54) is 6.42 Å². The number of nitrogens with one attached hydrogen (secondary N) is 1. The molecule has 0 spiro atoms. The third-order valence-corrected chi connectivity index (χ3v) is 3.46. The molecule has 1 aromatic carbocycles. The number of aryl methyl sites for hydroxylation is 2. The van der Waals surface area contributed by atoms with Gasteiger partial charge in [0, 0.05) is 17.5 Å². The third-order valence-electron chi connectivity index (χ3n) is 2.86. The van der Waals surface area contributed by atoms with Crippen molar-refractivity contribution in [1.29, 1.82) is 0 Å². The molecular weight excluding hydrogens is 246 g/mol. The zero-order valence-electron chi connectivity index (χ0n) is 11.8. The van der Waals surface area contributed by atoms with Crippen molar-refractivity contribution >= 4 is 11.6 Å². The molecule has 1 N–H and O–H groups in total. The summed E-state index contributed by atoms with van der Waals surface area (Å²) < 4.78 is 5.82. The Hall–Kier alpha value is -0.730. The molecule has 0 bridgehead atoms. The largest absolute Gasteiger partial charge is 0.493 e.